The molecule has 2 N–H and O–H groups in total. The van der Waals surface area contributed by atoms with Gasteiger partial charge >= 0.3 is 0 Å². The van der Waals surface area contributed by atoms with Crippen molar-refractivity contribution < 1.29 is 0 Å². The second kappa shape index (κ2) is 3.68. The zero-order chi connectivity index (χ0) is 9.14. The maximum atomic E-state index is 10.1. The highest BCUT2D eigenvalue weighted by Crippen LogP contribution is 2.29. The van der Waals surface area contributed by atoms with Gasteiger partial charge in [-0.3, -0.25) is 0 Å². The van der Waals surface area contributed by atoms with Crippen LogP contribution in [0.4, 0.5) is 11.5 Å². The molecule has 12 heavy (non-hydrogen) atoms. The van der Waals surface area contributed by atoms with E-state index >= 15 is 0 Å². The molecule has 64 valence electrons. The summed E-state index contributed by atoms with van der Waals surface area (Å²) >= 11 is 6.86. The number of anilines is 1. The number of rotatable bonds is 2. The topological polar surface area (TPSA) is 81.2 Å². The summed E-state index contributed by atoms with van der Waals surface area (Å²) in [5, 5.41) is 3.01. The monoisotopic (exact) mass is 204 g/mol. The summed E-state index contributed by atoms with van der Waals surface area (Å²) in [6, 6.07) is 0. The molecule has 1 heterocycles. The highest BCUT2D eigenvalue weighted by molar-refractivity contribution is 7.98. The molecule has 0 aliphatic heterocycles. The molecule has 1 aromatic rings. The maximum Gasteiger partial charge on any atom is 0.190 e. The molecule has 5 nitrogen and oxygen atoms in total. The zero-order valence-electron chi connectivity index (χ0n) is 6.11. The van der Waals surface area contributed by atoms with Crippen LogP contribution < -0.4 is 5.73 Å². The van der Waals surface area contributed by atoms with Crippen molar-refractivity contribution >= 4 is 34.9 Å². The van der Waals surface area contributed by atoms with E-state index in [2.05, 4.69) is 15.1 Å². The van der Waals surface area contributed by atoms with Crippen LogP contribution in [0.2, 0.25) is 5.15 Å². The predicted molar refractivity (Wildman–Crippen MR) is 48.7 cm³/mol. The van der Waals surface area contributed by atoms with Crippen molar-refractivity contribution in [3.05, 3.63) is 10.1 Å². The van der Waals surface area contributed by atoms with Gasteiger partial charge in [0.15, 0.2) is 21.8 Å². The van der Waals surface area contributed by atoms with Gasteiger partial charge in [0.2, 0.25) is 0 Å². The van der Waals surface area contributed by atoms with Gasteiger partial charge in [-0.1, -0.05) is 23.4 Å². The van der Waals surface area contributed by atoms with Crippen molar-refractivity contribution in [1.29, 1.82) is 0 Å². The molecule has 0 spiro atoms. The van der Waals surface area contributed by atoms with Crippen molar-refractivity contribution in [3.63, 3.8) is 0 Å². The zero-order valence-corrected chi connectivity index (χ0v) is 7.69. The first kappa shape index (κ1) is 9.21. The molecule has 1 rings (SSSR count). The minimum absolute atomic E-state index is 0.00866. The molecule has 0 fully saturated rings. The standard InChI is InChI=1S/C5H5ClN4OS/c1-12-5-8-3(6)2(10-11)4(7)9-5/h1H3,(H2,7,8,9). The number of hydrogen-bond acceptors (Lipinski definition) is 6. The van der Waals surface area contributed by atoms with Gasteiger partial charge in [0.25, 0.3) is 0 Å². The van der Waals surface area contributed by atoms with Gasteiger partial charge in [0.05, 0.1) is 0 Å². The van der Waals surface area contributed by atoms with Crippen LogP contribution in [0.5, 0.6) is 0 Å². The van der Waals surface area contributed by atoms with Gasteiger partial charge in [0, 0.05) is 0 Å². The first-order chi connectivity index (χ1) is 5.69. The van der Waals surface area contributed by atoms with Crippen LogP contribution in [-0.4, -0.2) is 16.2 Å². The number of nitrogen functional groups attached to an aromatic ring is 1. The molecule has 0 saturated carbocycles. The van der Waals surface area contributed by atoms with Crippen molar-refractivity contribution in [2.75, 3.05) is 12.0 Å². The van der Waals surface area contributed by atoms with Crippen LogP contribution in [0.25, 0.3) is 0 Å². The second-order valence-corrected chi connectivity index (χ2v) is 2.96. The van der Waals surface area contributed by atoms with Crippen LogP contribution in [-0.2, 0) is 0 Å². The SMILES string of the molecule is CSc1nc(N)c(N=O)c(Cl)n1. The number of aromatic nitrogens is 2. The summed E-state index contributed by atoms with van der Waals surface area (Å²) in [5.74, 6) is 0.00866. The van der Waals surface area contributed by atoms with E-state index in [1.807, 2.05) is 0 Å². The van der Waals surface area contributed by atoms with Crippen LogP contribution in [0, 0.1) is 4.91 Å². The van der Waals surface area contributed by atoms with Crippen LogP contribution in [0.15, 0.2) is 10.3 Å². The first-order valence-corrected chi connectivity index (χ1v) is 4.49. The lowest BCUT2D eigenvalue weighted by molar-refractivity contribution is 0.978. The van der Waals surface area contributed by atoms with Crippen molar-refractivity contribution in [2.24, 2.45) is 5.18 Å². The van der Waals surface area contributed by atoms with E-state index in [9.17, 15) is 4.91 Å². The Kier molecular flexibility index (Phi) is 2.83. The molecule has 1 aromatic heterocycles. The molecule has 0 aliphatic rings. The van der Waals surface area contributed by atoms with E-state index in [-0.39, 0.29) is 16.7 Å². The number of halogens is 1. The molecule has 0 aliphatic carbocycles. The van der Waals surface area contributed by atoms with Gasteiger partial charge in [-0.15, -0.1) is 4.91 Å². The molecule has 0 unspecified atom stereocenters. The minimum atomic E-state index is -0.102. The predicted octanol–water partition coefficient (Wildman–Crippen LogP) is 1.83. The van der Waals surface area contributed by atoms with E-state index in [0.29, 0.717) is 5.16 Å². The van der Waals surface area contributed by atoms with Crippen molar-refractivity contribution in [2.45, 2.75) is 5.16 Å². The highest BCUT2D eigenvalue weighted by atomic mass is 35.5. The van der Waals surface area contributed by atoms with Gasteiger partial charge in [-0.25, -0.2) is 9.97 Å². The third kappa shape index (κ3) is 1.64. The Morgan fingerprint density at radius 1 is 1.58 bits per heavy atom. The Bertz CT molecular complexity index is 295. The number of nitrogens with zero attached hydrogens (tertiary/aromatic N) is 3. The first-order valence-electron chi connectivity index (χ1n) is 2.89. The maximum absolute atomic E-state index is 10.1. The van der Waals surface area contributed by atoms with Crippen LogP contribution >= 0.6 is 23.4 Å². The van der Waals surface area contributed by atoms with Gasteiger partial charge in [-0.2, -0.15) is 0 Å². The van der Waals surface area contributed by atoms with Gasteiger partial charge < -0.3 is 5.73 Å². The fourth-order valence-electron chi connectivity index (χ4n) is 0.599. The summed E-state index contributed by atoms with van der Waals surface area (Å²) in [4.78, 5) is 17.7. The molecule has 0 amide bonds. The smallest absolute Gasteiger partial charge is 0.190 e. The molecule has 0 aromatic carbocycles. The van der Waals surface area contributed by atoms with E-state index in [1.54, 1.807) is 6.26 Å². The van der Waals surface area contributed by atoms with E-state index in [1.165, 1.54) is 11.8 Å². The fraction of sp³-hybridized carbons (Fsp3) is 0.200. The highest BCUT2D eigenvalue weighted by Gasteiger charge is 2.10. The summed E-state index contributed by atoms with van der Waals surface area (Å²) in [5.41, 5.74) is 5.26. The Morgan fingerprint density at radius 2 is 2.25 bits per heavy atom. The minimum Gasteiger partial charge on any atom is -0.382 e. The molecule has 0 radical (unpaired) electrons. The lowest BCUT2D eigenvalue weighted by atomic mass is 10.5. The van der Waals surface area contributed by atoms with Crippen LogP contribution in [0.3, 0.4) is 0 Å². The number of hydrogen-bond donors (Lipinski definition) is 1. The van der Waals surface area contributed by atoms with E-state index in [4.69, 9.17) is 17.3 Å². The second-order valence-electron chi connectivity index (χ2n) is 1.83. The largest absolute Gasteiger partial charge is 0.382 e. The quantitative estimate of drug-likeness (QED) is 0.344. The van der Waals surface area contributed by atoms with Gasteiger partial charge in [-0.05, 0) is 11.4 Å². The van der Waals surface area contributed by atoms with Crippen molar-refractivity contribution in [1.82, 2.24) is 9.97 Å². The summed E-state index contributed by atoms with van der Waals surface area (Å²) in [6.45, 7) is 0. The Labute approximate surface area is 77.7 Å². The number of nitrogens with two attached hydrogens (primary N) is 1. The Hall–Kier alpha value is -0.880. The Morgan fingerprint density at radius 3 is 2.67 bits per heavy atom. The molecule has 0 atom stereocenters. The van der Waals surface area contributed by atoms with Crippen LogP contribution in [0.1, 0.15) is 0 Å². The molecular formula is C5H5ClN4OS. The molecule has 7 heteroatoms. The lowest BCUT2D eigenvalue weighted by Crippen LogP contribution is -1.95. The summed E-state index contributed by atoms with van der Waals surface area (Å²) in [6.07, 6.45) is 1.78. The Balaban J connectivity index is 3.27. The number of nitroso groups, excluding NO2 is 1. The average molecular weight is 205 g/mol. The molecular weight excluding hydrogens is 200 g/mol. The third-order valence-electron chi connectivity index (χ3n) is 1.12. The van der Waals surface area contributed by atoms with Gasteiger partial charge in [0.1, 0.15) is 0 Å². The van der Waals surface area contributed by atoms with Crippen molar-refractivity contribution in [3.8, 4) is 0 Å². The normalized spacial score (nSPS) is 9.83. The fourth-order valence-corrected chi connectivity index (χ4v) is 1.23. The summed E-state index contributed by atoms with van der Waals surface area (Å²) in [7, 11) is 0. The third-order valence-corrected chi connectivity index (χ3v) is 1.93. The summed E-state index contributed by atoms with van der Waals surface area (Å²) < 4.78 is 0. The molecule has 0 bridgehead atoms. The average Bonchev–Trinajstić information content (AvgIpc) is 2.03. The number of thioether (sulfide) groups is 1. The molecule has 0 saturated heterocycles. The van der Waals surface area contributed by atoms with E-state index < -0.39 is 0 Å². The van der Waals surface area contributed by atoms with E-state index in [0.717, 1.165) is 0 Å². The lowest BCUT2D eigenvalue weighted by Gasteiger charge is -1.99.